The lowest BCUT2D eigenvalue weighted by atomic mass is 10.0. The zero-order chi connectivity index (χ0) is 30.0. The van der Waals surface area contributed by atoms with Gasteiger partial charge in [0, 0.05) is 47.5 Å². The topological polar surface area (TPSA) is 118 Å². The Balaban J connectivity index is 1.37. The van der Waals surface area contributed by atoms with Crippen LogP contribution in [-0.2, 0) is 10.0 Å². The Labute approximate surface area is 253 Å². The Morgan fingerprint density at radius 3 is 2.67 bits per heavy atom. The Hall–Kier alpha value is -4.32. The van der Waals surface area contributed by atoms with Crippen LogP contribution in [0.2, 0.25) is 5.02 Å². The average Bonchev–Trinajstić information content (AvgIpc) is 3.00. The molecule has 3 N–H and O–H groups in total. The summed E-state index contributed by atoms with van der Waals surface area (Å²) in [6.07, 6.45) is 6.91. The average molecular weight is 619 g/mol. The first kappa shape index (κ1) is 28.8. The number of hydrogen-bond acceptors (Lipinski definition) is 8. The molecule has 1 atom stereocenters. The Bertz CT molecular complexity index is 1920. The van der Waals surface area contributed by atoms with E-state index < -0.39 is 15.8 Å². The van der Waals surface area contributed by atoms with Crippen LogP contribution in [0.1, 0.15) is 18.4 Å². The van der Waals surface area contributed by atoms with Gasteiger partial charge in [-0.25, -0.2) is 27.8 Å². The number of anilines is 2. The first-order chi connectivity index (χ1) is 20.8. The van der Waals surface area contributed by atoms with E-state index in [9.17, 15) is 8.42 Å². The molecule has 1 unspecified atom stereocenters. The zero-order valence-corrected chi connectivity index (χ0v) is 24.7. The van der Waals surface area contributed by atoms with Gasteiger partial charge in [-0.15, -0.1) is 0 Å². The minimum atomic E-state index is -4.12. The maximum atomic E-state index is 15.5. The number of benzene rings is 3. The van der Waals surface area contributed by atoms with Gasteiger partial charge in [-0.2, -0.15) is 0 Å². The Morgan fingerprint density at radius 1 is 1.02 bits per heavy atom. The van der Waals surface area contributed by atoms with E-state index in [1.165, 1.54) is 30.5 Å². The van der Waals surface area contributed by atoms with Crippen molar-refractivity contribution in [1.29, 1.82) is 0 Å². The standard InChI is InChI=1S/C31H28ClFN6O3S/c1-19-16-24(33)28-22(7-4-9-25(28)39-43(40,41)26-10-3-2-8-23(26)32)30(19)42-31-29(36-14-15-37-31)20-11-13-35-27(17-20)38-21-6-5-12-34-18-21/h2-4,7-11,13-17,21,34,39H,5-6,12,18H2,1H3,(H,35,38). The molecule has 9 nitrogen and oxygen atoms in total. The van der Waals surface area contributed by atoms with Crippen molar-refractivity contribution in [1.82, 2.24) is 20.3 Å². The fraction of sp³-hybridized carbons (Fsp3) is 0.194. The molecule has 0 radical (unpaired) electrons. The SMILES string of the molecule is Cc1cc(F)c2c(NS(=O)(=O)c3ccccc3Cl)cccc2c1Oc1nccnc1-c1ccnc(NC2CCCNC2)c1. The molecular weight excluding hydrogens is 591 g/mol. The van der Waals surface area contributed by atoms with Crippen molar-refractivity contribution in [2.75, 3.05) is 23.1 Å². The Morgan fingerprint density at radius 2 is 1.86 bits per heavy atom. The number of rotatable bonds is 8. The van der Waals surface area contributed by atoms with Gasteiger partial charge in [0.05, 0.1) is 10.7 Å². The van der Waals surface area contributed by atoms with E-state index in [2.05, 4.69) is 30.3 Å². The zero-order valence-electron chi connectivity index (χ0n) is 23.1. The van der Waals surface area contributed by atoms with Gasteiger partial charge in [-0.3, -0.25) is 4.72 Å². The van der Waals surface area contributed by atoms with Gasteiger partial charge in [0.2, 0.25) is 5.88 Å². The molecule has 0 amide bonds. The van der Waals surface area contributed by atoms with Crippen molar-refractivity contribution in [3.8, 4) is 22.9 Å². The van der Waals surface area contributed by atoms with Crippen molar-refractivity contribution < 1.29 is 17.5 Å². The first-order valence-electron chi connectivity index (χ1n) is 13.7. The fourth-order valence-corrected chi connectivity index (χ4v) is 6.75. The second kappa shape index (κ2) is 12.1. The molecule has 2 aromatic heterocycles. The minimum absolute atomic E-state index is 0.0423. The molecule has 0 aliphatic carbocycles. The maximum Gasteiger partial charge on any atom is 0.263 e. The summed E-state index contributed by atoms with van der Waals surface area (Å²) in [5, 5.41) is 7.31. The quantitative estimate of drug-likeness (QED) is 0.179. The summed E-state index contributed by atoms with van der Waals surface area (Å²) in [7, 11) is -4.12. The highest BCUT2D eigenvalue weighted by Crippen LogP contribution is 2.40. The van der Waals surface area contributed by atoms with E-state index in [1.807, 2.05) is 12.1 Å². The summed E-state index contributed by atoms with van der Waals surface area (Å²) < 4.78 is 50.7. The summed E-state index contributed by atoms with van der Waals surface area (Å²) in [4.78, 5) is 13.3. The van der Waals surface area contributed by atoms with Crippen LogP contribution in [0.25, 0.3) is 22.0 Å². The van der Waals surface area contributed by atoms with Gasteiger partial charge < -0.3 is 15.4 Å². The highest BCUT2D eigenvalue weighted by molar-refractivity contribution is 7.92. The summed E-state index contributed by atoms with van der Waals surface area (Å²) in [5.41, 5.74) is 1.75. The van der Waals surface area contributed by atoms with Gasteiger partial charge in [0.1, 0.15) is 28.0 Å². The van der Waals surface area contributed by atoms with E-state index in [1.54, 1.807) is 43.6 Å². The van der Waals surface area contributed by atoms with Crippen LogP contribution >= 0.6 is 11.6 Å². The predicted molar refractivity (Wildman–Crippen MR) is 166 cm³/mol. The summed E-state index contributed by atoms with van der Waals surface area (Å²) >= 11 is 6.15. The fourth-order valence-electron chi connectivity index (χ4n) is 5.16. The van der Waals surface area contributed by atoms with Crippen molar-refractivity contribution in [2.45, 2.75) is 30.7 Å². The predicted octanol–water partition coefficient (Wildman–Crippen LogP) is 6.55. The van der Waals surface area contributed by atoms with Crippen molar-refractivity contribution >= 4 is 43.9 Å². The first-order valence-corrected chi connectivity index (χ1v) is 15.6. The number of piperidine rings is 1. The summed E-state index contributed by atoms with van der Waals surface area (Å²) in [5.74, 6) is 0.620. The highest BCUT2D eigenvalue weighted by atomic mass is 35.5. The minimum Gasteiger partial charge on any atom is -0.436 e. The molecule has 1 aliphatic rings. The lowest BCUT2D eigenvalue weighted by Crippen LogP contribution is -2.38. The van der Waals surface area contributed by atoms with E-state index in [4.69, 9.17) is 16.3 Å². The number of sulfonamides is 1. The van der Waals surface area contributed by atoms with E-state index in [-0.39, 0.29) is 32.9 Å². The molecule has 6 rings (SSSR count). The van der Waals surface area contributed by atoms with Crippen LogP contribution in [-0.4, -0.2) is 42.5 Å². The van der Waals surface area contributed by atoms with E-state index >= 15 is 4.39 Å². The van der Waals surface area contributed by atoms with Crippen LogP contribution in [0, 0.1) is 12.7 Å². The molecular formula is C31H28ClFN6O3S. The lowest BCUT2D eigenvalue weighted by Gasteiger charge is -2.24. The van der Waals surface area contributed by atoms with Crippen LogP contribution in [0.4, 0.5) is 15.9 Å². The van der Waals surface area contributed by atoms with Gasteiger partial charge >= 0.3 is 0 Å². The molecule has 1 fully saturated rings. The summed E-state index contributed by atoms with van der Waals surface area (Å²) in [6, 6.07) is 16.1. The van der Waals surface area contributed by atoms with Crippen LogP contribution < -0.4 is 20.1 Å². The molecule has 3 heterocycles. The lowest BCUT2D eigenvalue weighted by molar-refractivity contribution is 0.463. The molecule has 43 heavy (non-hydrogen) atoms. The van der Waals surface area contributed by atoms with Crippen LogP contribution in [0.5, 0.6) is 11.6 Å². The molecule has 0 bridgehead atoms. The number of aryl methyl sites for hydroxylation is 1. The molecule has 0 saturated carbocycles. The number of nitrogens with zero attached hydrogens (tertiary/aromatic N) is 3. The highest BCUT2D eigenvalue weighted by Gasteiger charge is 2.23. The van der Waals surface area contributed by atoms with Crippen molar-refractivity contribution in [2.24, 2.45) is 0 Å². The number of hydrogen-bond donors (Lipinski definition) is 3. The molecule has 3 aromatic carbocycles. The second-order valence-electron chi connectivity index (χ2n) is 10.2. The largest absolute Gasteiger partial charge is 0.436 e. The molecule has 1 aliphatic heterocycles. The van der Waals surface area contributed by atoms with Crippen molar-refractivity contribution in [3.63, 3.8) is 0 Å². The molecule has 0 spiro atoms. The number of nitrogens with one attached hydrogen (secondary N) is 3. The van der Waals surface area contributed by atoms with Gasteiger partial charge in [-0.05, 0) is 68.3 Å². The number of ether oxygens (including phenoxy) is 1. The monoisotopic (exact) mass is 618 g/mol. The van der Waals surface area contributed by atoms with E-state index in [0.717, 1.165) is 31.5 Å². The third-order valence-corrected chi connectivity index (χ3v) is 9.03. The van der Waals surface area contributed by atoms with Gasteiger partial charge in [-0.1, -0.05) is 35.9 Å². The molecule has 220 valence electrons. The number of aromatic nitrogens is 3. The third-order valence-electron chi connectivity index (χ3n) is 7.17. The third kappa shape index (κ3) is 6.10. The summed E-state index contributed by atoms with van der Waals surface area (Å²) in [6.45, 7) is 3.58. The second-order valence-corrected chi connectivity index (χ2v) is 12.3. The van der Waals surface area contributed by atoms with Crippen LogP contribution in [0.15, 0.2) is 84.1 Å². The molecule has 12 heteroatoms. The number of pyridine rings is 1. The normalized spacial score (nSPS) is 15.3. The van der Waals surface area contributed by atoms with Gasteiger partial charge in [0.25, 0.3) is 10.0 Å². The van der Waals surface area contributed by atoms with Crippen LogP contribution in [0.3, 0.4) is 0 Å². The van der Waals surface area contributed by atoms with Crippen molar-refractivity contribution in [3.05, 3.63) is 95.7 Å². The number of halogens is 2. The van der Waals surface area contributed by atoms with Gasteiger partial charge in [0.15, 0.2) is 0 Å². The molecule has 5 aromatic rings. The number of fused-ring (bicyclic) bond motifs is 1. The maximum absolute atomic E-state index is 15.5. The Kier molecular flexibility index (Phi) is 8.11. The molecule has 1 saturated heterocycles. The smallest absolute Gasteiger partial charge is 0.263 e. The van der Waals surface area contributed by atoms with E-state index in [0.29, 0.717) is 28.2 Å².